The van der Waals surface area contributed by atoms with E-state index in [1.54, 1.807) is 25.1 Å². The second-order valence-electron chi connectivity index (χ2n) is 8.04. The van der Waals surface area contributed by atoms with Crippen LogP contribution in [0.4, 0.5) is 4.79 Å². The SMILES string of the molecule is CCCc1nc(C)c(C(=S)OCC)n1Cc1ccc(-c2ccccc2S(=O)(=O)NC(=O)OCC)cc1. The lowest BCUT2D eigenvalue weighted by Crippen LogP contribution is -2.31. The lowest BCUT2D eigenvalue weighted by atomic mass is 10.0. The van der Waals surface area contributed by atoms with Gasteiger partial charge >= 0.3 is 6.09 Å². The summed E-state index contributed by atoms with van der Waals surface area (Å²) in [6.07, 6.45) is 0.746. The van der Waals surface area contributed by atoms with E-state index in [9.17, 15) is 13.2 Å². The number of carbonyl (C=O) groups excluding carboxylic acids is 1. The molecule has 0 spiro atoms. The van der Waals surface area contributed by atoms with E-state index < -0.39 is 16.1 Å². The number of aromatic nitrogens is 2. The van der Waals surface area contributed by atoms with Crippen LogP contribution in [0.25, 0.3) is 11.1 Å². The Morgan fingerprint density at radius 1 is 1.03 bits per heavy atom. The van der Waals surface area contributed by atoms with Gasteiger partial charge in [-0.2, -0.15) is 0 Å². The number of imidazole rings is 1. The summed E-state index contributed by atoms with van der Waals surface area (Å²) < 4.78 is 40.1. The molecule has 2 aromatic carbocycles. The molecule has 0 saturated carbocycles. The molecule has 0 bridgehead atoms. The van der Waals surface area contributed by atoms with Crippen molar-refractivity contribution in [3.63, 3.8) is 0 Å². The third-order valence-electron chi connectivity index (χ3n) is 5.44. The maximum atomic E-state index is 12.8. The van der Waals surface area contributed by atoms with E-state index in [-0.39, 0.29) is 11.5 Å². The van der Waals surface area contributed by atoms with Gasteiger partial charge in [-0.05, 0) is 56.6 Å². The van der Waals surface area contributed by atoms with Crippen molar-refractivity contribution in [2.24, 2.45) is 0 Å². The summed E-state index contributed by atoms with van der Waals surface area (Å²) in [4.78, 5) is 16.5. The normalized spacial score (nSPS) is 11.2. The molecular weight excluding hydrogens is 498 g/mol. The Hall–Kier alpha value is -3.24. The number of aryl methyl sites for hydroxylation is 2. The molecule has 10 heteroatoms. The van der Waals surface area contributed by atoms with Crippen molar-refractivity contribution in [2.45, 2.75) is 52.0 Å². The fourth-order valence-electron chi connectivity index (χ4n) is 3.91. The maximum Gasteiger partial charge on any atom is 0.421 e. The van der Waals surface area contributed by atoms with Crippen LogP contribution in [-0.4, -0.2) is 42.3 Å². The van der Waals surface area contributed by atoms with Crippen molar-refractivity contribution in [3.8, 4) is 11.1 Å². The van der Waals surface area contributed by atoms with Crippen LogP contribution < -0.4 is 4.72 Å². The first-order valence-corrected chi connectivity index (χ1v) is 13.7. The Balaban J connectivity index is 1.93. The molecular formula is C26H31N3O5S2. The number of ether oxygens (including phenoxy) is 2. The Kier molecular flexibility index (Phi) is 9.22. The fraction of sp³-hybridized carbons (Fsp3) is 0.346. The molecule has 0 aliphatic rings. The zero-order chi connectivity index (χ0) is 26.3. The number of nitrogens with zero attached hydrogens (tertiary/aromatic N) is 2. The zero-order valence-corrected chi connectivity index (χ0v) is 22.5. The number of carbonyl (C=O) groups is 1. The van der Waals surface area contributed by atoms with Gasteiger partial charge in [0.25, 0.3) is 10.0 Å². The highest BCUT2D eigenvalue weighted by Gasteiger charge is 2.23. The van der Waals surface area contributed by atoms with Gasteiger partial charge in [-0.15, -0.1) is 0 Å². The molecule has 1 N–H and O–H groups in total. The van der Waals surface area contributed by atoms with Crippen LogP contribution in [0.2, 0.25) is 0 Å². The highest BCUT2D eigenvalue weighted by atomic mass is 32.2. The Bertz CT molecular complexity index is 1330. The molecule has 0 aliphatic carbocycles. The number of thiocarbonyl (C=S) groups is 1. The van der Waals surface area contributed by atoms with E-state index in [1.165, 1.54) is 6.07 Å². The van der Waals surface area contributed by atoms with Crippen molar-refractivity contribution >= 4 is 33.4 Å². The minimum absolute atomic E-state index is 0.00869. The predicted molar refractivity (Wildman–Crippen MR) is 143 cm³/mol. The van der Waals surface area contributed by atoms with E-state index in [1.807, 2.05) is 42.8 Å². The van der Waals surface area contributed by atoms with E-state index in [4.69, 9.17) is 26.7 Å². The van der Waals surface area contributed by atoms with Crippen molar-refractivity contribution in [1.82, 2.24) is 14.3 Å². The summed E-state index contributed by atoms with van der Waals surface area (Å²) in [6.45, 7) is 8.63. The van der Waals surface area contributed by atoms with Crippen molar-refractivity contribution < 1.29 is 22.7 Å². The summed E-state index contributed by atoms with van der Waals surface area (Å²) in [5.74, 6) is 0.942. The first-order chi connectivity index (χ1) is 17.2. The summed E-state index contributed by atoms with van der Waals surface area (Å²) in [7, 11) is -4.11. The number of hydrogen-bond donors (Lipinski definition) is 1. The lowest BCUT2D eigenvalue weighted by molar-refractivity contribution is 0.158. The average Bonchev–Trinajstić information content (AvgIpc) is 3.14. The van der Waals surface area contributed by atoms with Gasteiger partial charge in [0.15, 0.2) is 0 Å². The van der Waals surface area contributed by atoms with E-state index in [0.29, 0.717) is 29.3 Å². The van der Waals surface area contributed by atoms with Crippen LogP contribution >= 0.6 is 12.2 Å². The van der Waals surface area contributed by atoms with E-state index in [0.717, 1.165) is 35.6 Å². The molecule has 1 amide bonds. The van der Waals surface area contributed by atoms with E-state index in [2.05, 4.69) is 11.5 Å². The van der Waals surface area contributed by atoms with Gasteiger partial charge in [-0.25, -0.2) is 22.9 Å². The maximum absolute atomic E-state index is 12.8. The molecule has 0 radical (unpaired) electrons. The summed E-state index contributed by atoms with van der Waals surface area (Å²) in [6, 6.07) is 14.1. The highest BCUT2D eigenvalue weighted by Crippen LogP contribution is 2.28. The number of amides is 1. The van der Waals surface area contributed by atoms with Crippen LogP contribution in [-0.2, 0) is 32.5 Å². The Morgan fingerprint density at radius 3 is 2.33 bits per heavy atom. The molecule has 192 valence electrons. The predicted octanol–water partition coefficient (Wildman–Crippen LogP) is 5.01. The van der Waals surface area contributed by atoms with Crippen molar-refractivity contribution in [1.29, 1.82) is 0 Å². The van der Waals surface area contributed by atoms with Crippen LogP contribution in [0.5, 0.6) is 0 Å². The molecule has 8 nitrogen and oxygen atoms in total. The summed E-state index contributed by atoms with van der Waals surface area (Å²) >= 11 is 5.51. The van der Waals surface area contributed by atoms with Crippen LogP contribution in [0.3, 0.4) is 0 Å². The number of rotatable bonds is 10. The fourth-order valence-corrected chi connectivity index (χ4v) is 5.41. The van der Waals surface area contributed by atoms with Gasteiger partial charge in [0.1, 0.15) is 11.5 Å². The topological polar surface area (TPSA) is 99.5 Å². The van der Waals surface area contributed by atoms with E-state index >= 15 is 0 Å². The average molecular weight is 530 g/mol. The smallest absolute Gasteiger partial charge is 0.421 e. The summed E-state index contributed by atoms with van der Waals surface area (Å²) in [5, 5.41) is 0.426. The first kappa shape index (κ1) is 27.3. The van der Waals surface area contributed by atoms with Crippen LogP contribution in [0.1, 0.15) is 50.0 Å². The molecule has 1 heterocycles. The number of hydrogen-bond acceptors (Lipinski definition) is 7. The minimum atomic E-state index is -4.11. The van der Waals surface area contributed by atoms with Crippen LogP contribution in [0.15, 0.2) is 53.4 Å². The lowest BCUT2D eigenvalue weighted by Gasteiger charge is -2.15. The van der Waals surface area contributed by atoms with Crippen LogP contribution in [0, 0.1) is 6.92 Å². The van der Waals surface area contributed by atoms with Gasteiger partial charge in [-0.3, -0.25) is 0 Å². The zero-order valence-electron chi connectivity index (χ0n) is 20.9. The third-order valence-corrected chi connectivity index (χ3v) is 7.12. The molecule has 3 aromatic rings. The summed E-state index contributed by atoms with van der Waals surface area (Å²) in [5.41, 5.74) is 3.81. The van der Waals surface area contributed by atoms with Gasteiger partial charge in [0, 0.05) is 18.5 Å². The van der Waals surface area contributed by atoms with Gasteiger partial charge in [0.2, 0.25) is 5.05 Å². The monoisotopic (exact) mass is 529 g/mol. The molecule has 0 fully saturated rings. The standard InChI is InChI=1S/C26H31N3O5S2/c1-5-10-23-27-18(4)24(25(35)33-6-2)29(23)17-19-13-15-20(16-14-19)21-11-8-9-12-22(21)36(31,32)28-26(30)34-7-3/h8-9,11-16H,5-7,10,17H2,1-4H3,(H,28,30). The minimum Gasteiger partial charge on any atom is -0.482 e. The van der Waals surface area contributed by atoms with Gasteiger partial charge in [-0.1, -0.05) is 49.4 Å². The van der Waals surface area contributed by atoms with Gasteiger partial charge in [0.05, 0.1) is 23.8 Å². The second-order valence-corrected chi connectivity index (χ2v) is 10.1. The second kappa shape index (κ2) is 12.1. The largest absolute Gasteiger partial charge is 0.482 e. The molecule has 36 heavy (non-hydrogen) atoms. The Morgan fingerprint density at radius 2 is 1.69 bits per heavy atom. The molecule has 0 aliphatic heterocycles. The number of nitrogens with one attached hydrogen (secondary N) is 1. The molecule has 1 aromatic heterocycles. The molecule has 3 rings (SSSR count). The number of sulfonamides is 1. The molecule has 0 unspecified atom stereocenters. The van der Waals surface area contributed by atoms with Gasteiger partial charge < -0.3 is 14.0 Å². The number of benzene rings is 2. The molecule has 0 atom stereocenters. The van der Waals surface area contributed by atoms with Crippen molar-refractivity contribution in [3.05, 3.63) is 71.3 Å². The highest BCUT2D eigenvalue weighted by molar-refractivity contribution is 7.90. The molecule has 0 saturated heterocycles. The third kappa shape index (κ3) is 6.30. The first-order valence-electron chi connectivity index (χ1n) is 11.8. The van der Waals surface area contributed by atoms with Crippen molar-refractivity contribution in [2.75, 3.05) is 13.2 Å². The Labute approximate surface area is 217 Å². The quantitative estimate of drug-likeness (QED) is 0.369.